The summed E-state index contributed by atoms with van der Waals surface area (Å²) in [7, 11) is 0. The first-order valence-corrected chi connectivity index (χ1v) is 11.1. The topological polar surface area (TPSA) is 67.2 Å². The third kappa shape index (κ3) is 4.17. The molecule has 0 spiro atoms. The van der Waals surface area contributed by atoms with Gasteiger partial charge in [-0.3, -0.25) is 9.48 Å². The summed E-state index contributed by atoms with van der Waals surface area (Å²) in [5, 5.41) is 4.15. The van der Waals surface area contributed by atoms with Crippen molar-refractivity contribution in [1.29, 1.82) is 0 Å². The van der Waals surface area contributed by atoms with Gasteiger partial charge >= 0.3 is 0 Å². The Labute approximate surface area is 182 Å². The average Bonchev–Trinajstić information content (AvgIpc) is 3.47. The molecule has 2 aromatic heterocycles. The number of anilines is 1. The van der Waals surface area contributed by atoms with Crippen molar-refractivity contribution in [3.05, 3.63) is 71.4 Å². The van der Waals surface area contributed by atoms with Crippen LogP contribution in [-0.2, 0) is 24.3 Å². The molecule has 1 amide bonds. The number of carbonyl (C=O) groups excluding carboxylic acids is 1. The van der Waals surface area contributed by atoms with Crippen molar-refractivity contribution in [1.82, 2.24) is 24.6 Å². The van der Waals surface area contributed by atoms with Crippen molar-refractivity contribution < 1.29 is 4.79 Å². The van der Waals surface area contributed by atoms with E-state index in [2.05, 4.69) is 47.3 Å². The monoisotopic (exact) mass is 416 g/mol. The smallest absolute Gasteiger partial charge is 0.244 e. The Morgan fingerprint density at radius 3 is 2.81 bits per heavy atom. The Balaban J connectivity index is 1.34. The average molecular weight is 417 g/mol. The van der Waals surface area contributed by atoms with E-state index in [9.17, 15) is 4.79 Å². The van der Waals surface area contributed by atoms with E-state index >= 15 is 0 Å². The molecule has 5 rings (SSSR count). The molecule has 0 aliphatic carbocycles. The van der Waals surface area contributed by atoms with Gasteiger partial charge in [0, 0.05) is 55.7 Å². The van der Waals surface area contributed by atoms with Gasteiger partial charge in [0.1, 0.15) is 18.2 Å². The summed E-state index contributed by atoms with van der Waals surface area (Å²) in [4.78, 5) is 26.9. The van der Waals surface area contributed by atoms with Gasteiger partial charge < -0.3 is 9.80 Å². The quantitative estimate of drug-likeness (QED) is 0.640. The lowest BCUT2D eigenvalue weighted by Gasteiger charge is -2.31. The fourth-order valence-electron chi connectivity index (χ4n) is 4.68. The summed E-state index contributed by atoms with van der Waals surface area (Å²) in [6, 6.07) is 12.4. The van der Waals surface area contributed by atoms with E-state index in [4.69, 9.17) is 9.97 Å². The SMILES string of the molecule is Cc1nc([C@@H]2CCN(C(=O)Cn3cccn3)C2)nc2c1CCCN2Cc1ccccc1. The standard InChI is InChI=1S/C24H28N6O/c1-18-21-9-5-12-29(15-19-7-3-2-4-8-19)24(21)27-23(26-18)20-10-14-28(16-20)22(31)17-30-13-6-11-25-30/h2-4,6-8,11,13,20H,5,9-10,12,14-17H2,1H3/t20-/m1/s1. The molecule has 2 aliphatic heterocycles. The van der Waals surface area contributed by atoms with E-state index in [1.54, 1.807) is 10.9 Å². The third-order valence-electron chi connectivity index (χ3n) is 6.34. The minimum atomic E-state index is 0.103. The van der Waals surface area contributed by atoms with Crippen LogP contribution in [0, 0.1) is 6.92 Å². The van der Waals surface area contributed by atoms with Crippen molar-refractivity contribution in [2.45, 2.75) is 45.2 Å². The highest BCUT2D eigenvalue weighted by Gasteiger charge is 2.31. The normalized spacial score (nSPS) is 18.3. The van der Waals surface area contributed by atoms with E-state index in [0.717, 1.165) is 56.2 Å². The van der Waals surface area contributed by atoms with Crippen molar-refractivity contribution in [2.24, 2.45) is 0 Å². The van der Waals surface area contributed by atoms with Crippen LogP contribution in [0.25, 0.3) is 0 Å². The van der Waals surface area contributed by atoms with E-state index < -0.39 is 0 Å². The molecular formula is C24H28N6O. The summed E-state index contributed by atoms with van der Waals surface area (Å²) in [6.07, 6.45) is 6.59. The molecular weight excluding hydrogens is 388 g/mol. The van der Waals surface area contributed by atoms with E-state index in [0.29, 0.717) is 6.54 Å². The number of amides is 1. The van der Waals surface area contributed by atoms with Crippen molar-refractivity contribution in [3.63, 3.8) is 0 Å². The Morgan fingerprint density at radius 1 is 1.13 bits per heavy atom. The molecule has 0 unspecified atom stereocenters. The molecule has 1 atom stereocenters. The predicted molar refractivity (Wildman–Crippen MR) is 119 cm³/mol. The number of nitrogens with zero attached hydrogens (tertiary/aromatic N) is 6. The largest absolute Gasteiger partial charge is 0.352 e. The number of hydrogen-bond donors (Lipinski definition) is 0. The van der Waals surface area contributed by atoms with Gasteiger partial charge in [-0.2, -0.15) is 5.10 Å². The number of hydrogen-bond acceptors (Lipinski definition) is 5. The number of benzene rings is 1. The molecule has 1 fully saturated rings. The maximum absolute atomic E-state index is 12.7. The molecule has 1 aromatic carbocycles. The summed E-state index contributed by atoms with van der Waals surface area (Å²) in [5.41, 5.74) is 3.65. The molecule has 0 saturated carbocycles. The molecule has 0 radical (unpaired) electrons. The molecule has 0 bridgehead atoms. The highest BCUT2D eigenvalue weighted by Crippen LogP contribution is 2.32. The zero-order chi connectivity index (χ0) is 21.2. The maximum atomic E-state index is 12.7. The second kappa shape index (κ2) is 8.49. The molecule has 7 heteroatoms. The lowest BCUT2D eigenvalue weighted by molar-refractivity contribution is -0.131. The van der Waals surface area contributed by atoms with Gasteiger partial charge in [0.2, 0.25) is 5.91 Å². The highest BCUT2D eigenvalue weighted by atomic mass is 16.2. The van der Waals surface area contributed by atoms with Crippen molar-refractivity contribution >= 4 is 11.7 Å². The first kappa shape index (κ1) is 19.7. The second-order valence-corrected chi connectivity index (χ2v) is 8.51. The maximum Gasteiger partial charge on any atom is 0.244 e. The van der Waals surface area contributed by atoms with Gasteiger partial charge in [0.25, 0.3) is 0 Å². The summed E-state index contributed by atoms with van der Waals surface area (Å²) in [6.45, 7) is 5.69. The number of rotatable bonds is 5. The molecule has 0 N–H and O–H groups in total. The second-order valence-electron chi connectivity index (χ2n) is 8.51. The van der Waals surface area contributed by atoms with Gasteiger partial charge in [0.05, 0.1) is 0 Å². The highest BCUT2D eigenvalue weighted by molar-refractivity contribution is 5.76. The zero-order valence-electron chi connectivity index (χ0n) is 17.9. The molecule has 2 aliphatic rings. The fraction of sp³-hybridized carbons (Fsp3) is 0.417. The van der Waals surface area contributed by atoms with E-state index in [1.807, 2.05) is 17.2 Å². The van der Waals surface area contributed by atoms with Gasteiger partial charge in [-0.1, -0.05) is 30.3 Å². The third-order valence-corrected chi connectivity index (χ3v) is 6.34. The molecule has 160 valence electrons. The fourth-order valence-corrected chi connectivity index (χ4v) is 4.68. The van der Waals surface area contributed by atoms with Crippen LogP contribution in [-0.4, -0.2) is 50.2 Å². The first-order chi connectivity index (χ1) is 15.2. The minimum Gasteiger partial charge on any atom is -0.352 e. The van der Waals surface area contributed by atoms with Crippen LogP contribution >= 0.6 is 0 Å². The molecule has 1 saturated heterocycles. The van der Waals surface area contributed by atoms with Crippen LogP contribution in [0.15, 0.2) is 48.8 Å². The zero-order valence-corrected chi connectivity index (χ0v) is 17.9. The van der Waals surface area contributed by atoms with Gasteiger partial charge in [-0.05, 0) is 37.8 Å². The number of likely N-dealkylation sites (tertiary alicyclic amines) is 1. The van der Waals surface area contributed by atoms with E-state index in [1.165, 1.54) is 11.1 Å². The van der Waals surface area contributed by atoms with Gasteiger partial charge in [0.15, 0.2) is 0 Å². The summed E-state index contributed by atoms with van der Waals surface area (Å²) in [5.74, 6) is 2.25. The Hall–Kier alpha value is -3.22. The Bertz CT molecular complexity index is 1050. The Morgan fingerprint density at radius 2 is 2.00 bits per heavy atom. The molecule has 3 aromatic rings. The Kier molecular flexibility index (Phi) is 5.40. The summed E-state index contributed by atoms with van der Waals surface area (Å²) < 4.78 is 1.68. The van der Waals surface area contributed by atoms with Crippen LogP contribution < -0.4 is 4.90 Å². The molecule has 4 heterocycles. The van der Waals surface area contributed by atoms with Crippen molar-refractivity contribution in [2.75, 3.05) is 24.5 Å². The molecule has 7 nitrogen and oxygen atoms in total. The van der Waals surface area contributed by atoms with Crippen LogP contribution in [0.3, 0.4) is 0 Å². The number of carbonyl (C=O) groups is 1. The van der Waals surface area contributed by atoms with Crippen LogP contribution in [0.2, 0.25) is 0 Å². The number of aryl methyl sites for hydroxylation is 1. The van der Waals surface area contributed by atoms with Crippen LogP contribution in [0.1, 0.15) is 41.4 Å². The predicted octanol–water partition coefficient (Wildman–Crippen LogP) is 2.95. The van der Waals surface area contributed by atoms with Crippen LogP contribution in [0.5, 0.6) is 0 Å². The minimum absolute atomic E-state index is 0.103. The van der Waals surface area contributed by atoms with Crippen molar-refractivity contribution in [3.8, 4) is 0 Å². The van der Waals surface area contributed by atoms with E-state index in [-0.39, 0.29) is 18.4 Å². The first-order valence-electron chi connectivity index (χ1n) is 11.1. The number of aromatic nitrogens is 4. The van der Waals surface area contributed by atoms with Gasteiger partial charge in [-0.15, -0.1) is 0 Å². The van der Waals surface area contributed by atoms with Crippen LogP contribution in [0.4, 0.5) is 5.82 Å². The van der Waals surface area contributed by atoms with Gasteiger partial charge in [-0.25, -0.2) is 9.97 Å². The summed E-state index contributed by atoms with van der Waals surface area (Å²) >= 11 is 0. The molecule has 31 heavy (non-hydrogen) atoms. The lowest BCUT2D eigenvalue weighted by atomic mass is 10.0. The number of fused-ring (bicyclic) bond motifs is 1. The lowest BCUT2D eigenvalue weighted by Crippen LogP contribution is -2.33.